The first-order valence-electron chi connectivity index (χ1n) is 7.82. The molecule has 4 heteroatoms. The molecule has 0 aromatic heterocycles. The number of benzene rings is 1. The van der Waals surface area contributed by atoms with Gasteiger partial charge in [0.2, 0.25) is 5.91 Å². The summed E-state index contributed by atoms with van der Waals surface area (Å²) in [6, 6.07) is 6.83. The van der Waals surface area contributed by atoms with Gasteiger partial charge in [0.1, 0.15) is 5.82 Å². The predicted molar refractivity (Wildman–Crippen MR) is 84.7 cm³/mol. The van der Waals surface area contributed by atoms with E-state index in [2.05, 4.69) is 31.0 Å². The Morgan fingerprint density at radius 2 is 1.86 bits per heavy atom. The molecule has 1 aromatic rings. The molecule has 1 aromatic carbocycles. The zero-order valence-corrected chi connectivity index (χ0v) is 13.4. The van der Waals surface area contributed by atoms with E-state index in [1.54, 1.807) is 12.1 Å². The van der Waals surface area contributed by atoms with Crippen molar-refractivity contribution in [1.29, 1.82) is 0 Å². The number of carbonyl (C=O) groups excluding carboxylic acids is 1. The highest BCUT2D eigenvalue weighted by molar-refractivity contribution is 5.75. The molecule has 1 N–H and O–H groups in total. The molecular weight excluding hydrogens is 267 g/mol. The van der Waals surface area contributed by atoms with Gasteiger partial charge in [-0.05, 0) is 50.6 Å². The van der Waals surface area contributed by atoms with E-state index in [0.717, 1.165) is 31.5 Å². The molecule has 118 valence electrons. The molecule has 1 amide bonds. The van der Waals surface area contributed by atoms with Crippen LogP contribution in [0.2, 0.25) is 0 Å². The molecule has 0 aliphatic heterocycles. The number of amides is 1. The fourth-order valence-electron chi connectivity index (χ4n) is 2.43. The van der Waals surface area contributed by atoms with Crippen molar-refractivity contribution in [3.63, 3.8) is 0 Å². The van der Waals surface area contributed by atoms with Gasteiger partial charge in [-0.2, -0.15) is 0 Å². The Bertz CT molecular complexity index is 415. The van der Waals surface area contributed by atoms with E-state index in [-0.39, 0.29) is 11.7 Å². The van der Waals surface area contributed by atoms with Gasteiger partial charge in [-0.3, -0.25) is 9.69 Å². The van der Waals surface area contributed by atoms with E-state index >= 15 is 0 Å². The molecule has 0 saturated heterocycles. The molecule has 0 radical (unpaired) electrons. The van der Waals surface area contributed by atoms with Gasteiger partial charge in [0.05, 0.1) is 0 Å². The molecule has 0 aliphatic carbocycles. The molecule has 3 nitrogen and oxygen atoms in total. The highest BCUT2D eigenvalue weighted by atomic mass is 19.1. The molecule has 1 unspecified atom stereocenters. The van der Waals surface area contributed by atoms with Crippen molar-refractivity contribution >= 4 is 5.91 Å². The zero-order chi connectivity index (χ0) is 15.7. The number of nitrogens with zero attached hydrogens (tertiary/aromatic N) is 1. The molecule has 1 rings (SSSR count). The number of halogens is 1. The van der Waals surface area contributed by atoms with E-state index in [0.29, 0.717) is 19.0 Å². The Labute approximate surface area is 127 Å². The average molecular weight is 294 g/mol. The maximum atomic E-state index is 12.8. The minimum absolute atomic E-state index is 0.0936. The van der Waals surface area contributed by atoms with E-state index in [1.165, 1.54) is 12.1 Å². The number of likely N-dealkylation sites (N-methyl/N-ethyl adjacent to an activating group) is 1. The van der Waals surface area contributed by atoms with Gasteiger partial charge >= 0.3 is 0 Å². The average Bonchev–Trinajstić information content (AvgIpc) is 2.48. The van der Waals surface area contributed by atoms with Gasteiger partial charge in [0, 0.05) is 19.0 Å². The Morgan fingerprint density at radius 3 is 2.43 bits per heavy atom. The smallest absolute Gasteiger partial charge is 0.220 e. The van der Waals surface area contributed by atoms with Crippen molar-refractivity contribution < 1.29 is 9.18 Å². The van der Waals surface area contributed by atoms with Gasteiger partial charge in [-0.15, -0.1) is 0 Å². The van der Waals surface area contributed by atoms with Gasteiger partial charge in [0.25, 0.3) is 0 Å². The van der Waals surface area contributed by atoms with Crippen molar-refractivity contribution in [3.05, 3.63) is 35.6 Å². The molecular formula is C17H27FN2O. The number of carbonyl (C=O) groups is 1. The number of rotatable bonds is 9. The maximum Gasteiger partial charge on any atom is 0.220 e. The standard InChI is InChI=1S/C17H27FN2O/c1-4-20(5-2)14(3)13-19-17(21)8-6-7-15-9-11-16(18)12-10-15/h9-12,14H,4-8,13H2,1-3H3,(H,19,21). The van der Waals surface area contributed by atoms with Crippen LogP contribution in [0.1, 0.15) is 39.2 Å². The minimum Gasteiger partial charge on any atom is -0.355 e. The van der Waals surface area contributed by atoms with E-state index in [1.807, 2.05) is 0 Å². The van der Waals surface area contributed by atoms with Crippen LogP contribution in [-0.4, -0.2) is 36.5 Å². The third-order valence-corrected chi connectivity index (χ3v) is 3.81. The first-order chi connectivity index (χ1) is 10.1. The normalized spacial score (nSPS) is 12.4. The van der Waals surface area contributed by atoms with Crippen LogP contribution < -0.4 is 5.32 Å². The van der Waals surface area contributed by atoms with Crippen molar-refractivity contribution in [3.8, 4) is 0 Å². The lowest BCUT2D eigenvalue weighted by atomic mass is 10.1. The molecule has 0 fully saturated rings. The van der Waals surface area contributed by atoms with Crippen LogP contribution in [-0.2, 0) is 11.2 Å². The van der Waals surface area contributed by atoms with Crippen LogP contribution in [0.4, 0.5) is 4.39 Å². The molecule has 0 saturated carbocycles. The number of nitrogens with one attached hydrogen (secondary N) is 1. The minimum atomic E-state index is -0.220. The van der Waals surface area contributed by atoms with Crippen molar-refractivity contribution in [1.82, 2.24) is 10.2 Å². The Balaban J connectivity index is 2.20. The molecule has 21 heavy (non-hydrogen) atoms. The third kappa shape index (κ3) is 6.71. The fraction of sp³-hybridized carbons (Fsp3) is 0.588. The number of hydrogen-bond donors (Lipinski definition) is 1. The number of aryl methyl sites for hydroxylation is 1. The second-order valence-electron chi connectivity index (χ2n) is 5.35. The van der Waals surface area contributed by atoms with Gasteiger partial charge in [-0.1, -0.05) is 26.0 Å². The summed E-state index contributed by atoms with van der Waals surface area (Å²) in [6.07, 6.45) is 2.11. The lowest BCUT2D eigenvalue weighted by Gasteiger charge is -2.26. The second-order valence-corrected chi connectivity index (χ2v) is 5.35. The Morgan fingerprint density at radius 1 is 1.24 bits per heavy atom. The van der Waals surface area contributed by atoms with Gasteiger partial charge < -0.3 is 5.32 Å². The summed E-state index contributed by atoms with van der Waals surface area (Å²) < 4.78 is 12.8. The lowest BCUT2D eigenvalue weighted by molar-refractivity contribution is -0.121. The van der Waals surface area contributed by atoms with Crippen molar-refractivity contribution in [2.24, 2.45) is 0 Å². The highest BCUT2D eigenvalue weighted by Gasteiger charge is 2.11. The fourth-order valence-corrected chi connectivity index (χ4v) is 2.43. The summed E-state index contributed by atoms with van der Waals surface area (Å²) in [6.45, 7) is 9.08. The zero-order valence-electron chi connectivity index (χ0n) is 13.4. The lowest BCUT2D eigenvalue weighted by Crippen LogP contribution is -2.41. The summed E-state index contributed by atoms with van der Waals surface area (Å²) in [4.78, 5) is 14.1. The van der Waals surface area contributed by atoms with Crippen molar-refractivity contribution in [2.45, 2.75) is 46.1 Å². The predicted octanol–water partition coefficient (Wildman–Crippen LogP) is 2.99. The topological polar surface area (TPSA) is 32.3 Å². The van der Waals surface area contributed by atoms with Crippen LogP contribution in [0.3, 0.4) is 0 Å². The first-order valence-corrected chi connectivity index (χ1v) is 7.82. The summed E-state index contributed by atoms with van der Waals surface area (Å²) in [5.74, 6) is -0.127. The molecule has 0 heterocycles. The van der Waals surface area contributed by atoms with Crippen LogP contribution in [0.15, 0.2) is 24.3 Å². The SMILES string of the molecule is CCN(CC)C(C)CNC(=O)CCCc1ccc(F)cc1. The summed E-state index contributed by atoms with van der Waals surface area (Å²) in [5.41, 5.74) is 1.07. The third-order valence-electron chi connectivity index (χ3n) is 3.81. The van der Waals surface area contributed by atoms with Crippen molar-refractivity contribution in [2.75, 3.05) is 19.6 Å². The summed E-state index contributed by atoms with van der Waals surface area (Å²) >= 11 is 0. The molecule has 1 atom stereocenters. The second kappa shape index (κ2) is 9.50. The summed E-state index contributed by atoms with van der Waals surface area (Å²) in [5, 5.41) is 2.99. The largest absolute Gasteiger partial charge is 0.355 e. The Kier molecular flexibility index (Phi) is 7.98. The van der Waals surface area contributed by atoms with Crippen LogP contribution in [0, 0.1) is 5.82 Å². The molecule has 0 bridgehead atoms. The maximum absolute atomic E-state index is 12.8. The van der Waals surface area contributed by atoms with E-state index in [4.69, 9.17) is 0 Å². The quantitative estimate of drug-likeness (QED) is 0.759. The summed E-state index contributed by atoms with van der Waals surface area (Å²) in [7, 11) is 0. The van der Waals surface area contributed by atoms with Crippen LogP contribution in [0.5, 0.6) is 0 Å². The van der Waals surface area contributed by atoms with Crippen LogP contribution >= 0.6 is 0 Å². The molecule has 0 aliphatic rings. The van der Waals surface area contributed by atoms with E-state index < -0.39 is 0 Å². The van der Waals surface area contributed by atoms with Crippen LogP contribution in [0.25, 0.3) is 0 Å². The number of hydrogen-bond acceptors (Lipinski definition) is 2. The Hall–Kier alpha value is -1.42. The monoisotopic (exact) mass is 294 g/mol. The van der Waals surface area contributed by atoms with E-state index in [9.17, 15) is 9.18 Å². The molecule has 0 spiro atoms. The van der Waals surface area contributed by atoms with Gasteiger partial charge in [-0.25, -0.2) is 4.39 Å². The first kappa shape index (κ1) is 17.6. The van der Waals surface area contributed by atoms with Gasteiger partial charge in [0.15, 0.2) is 0 Å². The highest BCUT2D eigenvalue weighted by Crippen LogP contribution is 2.07.